The molecular formula is C12H21NO2. The SMILES string of the molecule is CCC(C)(CO)CN[C@@H](C)c1ccco1. The van der Waals surface area contributed by atoms with Gasteiger partial charge < -0.3 is 14.8 Å². The predicted octanol–water partition coefficient (Wildman–Crippen LogP) is 2.34. The van der Waals surface area contributed by atoms with Crippen molar-refractivity contribution in [1.29, 1.82) is 0 Å². The van der Waals surface area contributed by atoms with Crippen LogP contribution in [0.25, 0.3) is 0 Å². The molecule has 0 saturated carbocycles. The van der Waals surface area contributed by atoms with Crippen LogP contribution >= 0.6 is 0 Å². The molecular weight excluding hydrogens is 190 g/mol. The second kappa shape index (κ2) is 5.33. The van der Waals surface area contributed by atoms with Crippen LogP contribution in [0, 0.1) is 5.41 Å². The van der Waals surface area contributed by atoms with Crippen LogP contribution in [-0.4, -0.2) is 18.3 Å². The van der Waals surface area contributed by atoms with E-state index in [1.165, 1.54) is 0 Å². The van der Waals surface area contributed by atoms with Gasteiger partial charge in [0.25, 0.3) is 0 Å². The van der Waals surface area contributed by atoms with Crippen molar-refractivity contribution >= 4 is 0 Å². The maximum atomic E-state index is 9.27. The van der Waals surface area contributed by atoms with Crippen molar-refractivity contribution in [3.63, 3.8) is 0 Å². The summed E-state index contributed by atoms with van der Waals surface area (Å²) in [5.41, 5.74) is -0.0408. The summed E-state index contributed by atoms with van der Waals surface area (Å²) in [6.45, 7) is 7.24. The number of rotatable bonds is 6. The van der Waals surface area contributed by atoms with Gasteiger partial charge in [0.1, 0.15) is 5.76 Å². The van der Waals surface area contributed by atoms with Crippen LogP contribution in [0.15, 0.2) is 22.8 Å². The third kappa shape index (κ3) is 3.36. The van der Waals surface area contributed by atoms with E-state index in [1.54, 1.807) is 6.26 Å². The second-order valence-corrected chi connectivity index (χ2v) is 4.44. The Morgan fingerprint density at radius 2 is 2.33 bits per heavy atom. The zero-order valence-corrected chi connectivity index (χ0v) is 9.79. The van der Waals surface area contributed by atoms with Gasteiger partial charge in [-0.2, -0.15) is 0 Å². The first-order valence-electron chi connectivity index (χ1n) is 5.49. The summed E-state index contributed by atoms with van der Waals surface area (Å²) in [4.78, 5) is 0. The second-order valence-electron chi connectivity index (χ2n) is 4.44. The van der Waals surface area contributed by atoms with Crippen LogP contribution < -0.4 is 5.32 Å². The molecule has 0 aliphatic carbocycles. The summed E-state index contributed by atoms with van der Waals surface area (Å²) in [7, 11) is 0. The fourth-order valence-electron chi connectivity index (χ4n) is 1.33. The lowest BCUT2D eigenvalue weighted by Gasteiger charge is -2.27. The maximum Gasteiger partial charge on any atom is 0.120 e. The number of furan rings is 1. The molecule has 15 heavy (non-hydrogen) atoms. The highest BCUT2D eigenvalue weighted by Gasteiger charge is 2.22. The molecule has 0 aromatic carbocycles. The van der Waals surface area contributed by atoms with E-state index in [2.05, 4.69) is 26.1 Å². The molecule has 0 radical (unpaired) electrons. The first-order chi connectivity index (χ1) is 7.11. The Hall–Kier alpha value is -0.800. The van der Waals surface area contributed by atoms with E-state index in [0.29, 0.717) is 0 Å². The number of aliphatic hydroxyl groups is 1. The van der Waals surface area contributed by atoms with Crippen molar-refractivity contribution in [3.05, 3.63) is 24.2 Å². The Morgan fingerprint density at radius 1 is 1.60 bits per heavy atom. The lowest BCUT2D eigenvalue weighted by Crippen LogP contribution is -2.35. The van der Waals surface area contributed by atoms with Gasteiger partial charge in [0, 0.05) is 18.6 Å². The van der Waals surface area contributed by atoms with E-state index >= 15 is 0 Å². The van der Waals surface area contributed by atoms with E-state index in [9.17, 15) is 5.11 Å². The molecule has 0 bridgehead atoms. The molecule has 2 atom stereocenters. The summed E-state index contributed by atoms with van der Waals surface area (Å²) in [5, 5.41) is 12.6. The number of hydrogen-bond donors (Lipinski definition) is 2. The molecule has 2 N–H and O–H groups in total. The lowest BCUT2D eigenvalue weighted by molar-refractivity contribution is 0.131. The summed E-state index contributed by atoms with van der Waals surface area (Å²) in [6, 6.07) is 4.04. The van der Waals surface area contributed by atoms with Gasteiger partial charge in [-0.05, 0) is 25.5 Å². The van der Waals surface area contributed by atoms with E-state index in [1.807, 2.05) is 12.1 Å². The van der Waals surface area contributed by atoms with Crippen molar-refractivity contribution < 1.29 is 9.52 Å². The van der Waals surface area contributed by atoms with E-state index in [0.717, 1.165) is 18.7 Å². The Balaban J connectivity index is 2.43. The van der Waals surface area contributed by atoms with E-state index in [4.69, 9.17) is 4.42 Å². The largest absolute Gasteiger partial charge is 0.468 e. The maximum absolute atomic E-state index is 9.27. The molecule has 0 amide bonds. The average molecular weight is 211 g/mol. The van der Waals surface area contributed by atoms with Gasteiger partial charge in [0.15, 0.2) is 0 Å². The van der Waals surface area contributed by atoms with E-state index < -0.39 is 0 Å². The Kier molecular flexibility index (Phi) is 4.36. The van der Waals surface area contributed by atoms with Gasteiger partial charge in [-0.15, -0.1) is 0 Å². The smallest absolute Gasteiger partial charge is 0.120 e. The third-order valence-electron chi connectivity index (χ3n) is 3.04. The van der Waals surface area contributed by atoms with Crippen LogP contribution in [0.1, 0.15) is 39.0 Å². The summed E-state index contributed by atoms with van der Waals surface area (Å²) in [5.74, 6) is 0.936. The molecule has 0 spiro atoms. The molecule has 0 aliphatic rings. The highest BCUT2D eigenvalue weighted by molar-refractivity contribution is 5.03. The first-order valence-corrected chi connectivity index (χ1v) is 5.49. The minimum atomic E-state index is -0.0408. The monoisotopic (exact) mass is 211 g/mol. The Labute approximate surface area is 91.5 Å². The third-order valence-corrected chi connectivity index (χ3v) is 3.04. The molecule has 0 saturated heterocycles. The van der Waals surface area contributed by atoms with Gasteiger partial charge in [-0.3, -0.25) is 0 Å². The minimum Gasteiger partial charge on any atom is -0.468 e. The predicted molar refractivity (Wildman–Crippen MR) is 60.6 cm³/mol. The highest BCUT2D eigenvalue weighted by Crippen LogP contribution is 2.21. The molecule has 1 aromatic rings. The minimum absolute atomic E-state index is 0.0408. The quantitative estimate of drug-likeness (QED) is 0.759. The van der Waals surface area contributed by atoms with Crippen molar-refractivity contribution in [1.82, 2.24) is 5.32 Å². The molecule has 86 valence electrons. The first kappa shape index (κ1) is 12.3. The van der Waals surface area contributed by atoms with Crippen LogP contribution in [0.5, 0.6) is 0 Å². The standard InChI is InChI=1S/C12H21NO2/c1-4-12(3,9-14)8-13-10(2)11-6-5-7-15-11/h5-7,10,13-14H,4,8-9H2,1-3H3/t10-,12?/m0/s1. The zero-order valence-electron chi connectivity index (χ0n) is 9.79. The topological polar surface area (TPSA) is 45.4 Å². The molecule has 1 unspecified atom stereocenters. The average Bonchev–Trinajstić information content (AvgIpc) is 2.79. The van der Waals surface area contributed by atoms with Crippen molar-refractivity contribution in [2.24, 2.45) is 5.41 Å². The molecule has 1 heterocycles. The molecule has 3 nitrogen and oxygen atoms in total. The lowest BCUT2D eigenvalue weighted by atomic mass is 9.88. The van der Waals surface area contributed by atoms with Gasteiger partial charge in [0.2, 0.25) is 0 Å². The van der Waals surface area contributed by atoms with Crippen molar-refractivity contribution in [2.75, 3.05) is 13.2 Å². The molecule has 1 rings (SSSR count). The van der Waals surface area contributed by atoms with E-state index in [-0.39, 0.29) is 18.1 Å². The normalized spacial score (nSPS) is 17.3. The Morgan fingerprint density at radius 3 is 2.80 bits per heavy atom. The highest BCUT2D eigenvalue weighted by atomic mass is 16.3. The van der Waals surface area contributed by atoms with Gasteiger partial charge >= 0.3 is 0 Å². The number of aliphatic hydroxyl groups excluding tert-OH is 1. The van der Waals surface area contributed by atoms with Gasteiger partial charge in [0.05, 0.1) is 12.3 Å². The molecule has 1 aromatic heterocycles. The fourth-order valence-corrected chi connectivity index (χ4v) is 1.33. The summed E-state index contributed by atoms with van der Waals surface area (Å²) < 4.78 is 5.30. The summed E-state index contributed by atoms with van der Waals surface area (Å²) >= 11 is 0. The van der Waals surface area contributed by atoms with Crippen LogP contribution in [0.4, 0.5) is 0 Å². The van der Waals surface area contributed by atoms with Crippen LogP contribution in [0.2, 0.25) is 0 Å². The van der Waals surface area contributed by atoms with Gasteiger partial charge in [-0.1, -0.05) is 13.8 Å². The summed E-state index contributed by atoms with van der Waals surface area (Å²) in [6.07, 6.45) is 2.64. The fraction of sp³-hybridized carbons (Fsp3) is 0.667. The molecule has 3 heteroatoms. The molecule has 0 aliphatic heterocycles. The number of nitrogens with one attached hydrogen (secondary N) is 1. The van der Waals surface area contributed by atoms with Crippen LogP contribution in [0.3, 0.4) is 0 Å². The Bertz CT molecular complexity index is 265. The number of hydrogen-bond acceptors (Lipinski definition) is 3. The van der Waals surface area contributed by atoms with Gasteiger partial charge in [-0.25, -0.2) is 0 Å². The zero-order chi connectivity index (χ0) is 11.3. The molecule has 0 fully saturated rings. The van der Waals surface area contributed by atoms with Crippen molar-refractivity contribution in [3.8, 4) is 0 Å². The van der Waals surface area contributed by atoms with Crippen LogP contribution in [-0.2, 0) is 0 Å². The van der Waals surface area contributed by atoms with Crippen molar-refractivity contribution in [2.45, 2.75) is 33.2 Å².